The Morgan fingerprint density at radius 3 is 2.89 bits per heavy atom. The monoisotopic (exact) mass is 264 g/mol. The van der Waals surface area contributed by atoms with Gasteiger partial charge in [-0.05, 0) is 18.4 Å². The molecule has 6 nitrogen and oxygen atoms in total. The topological polar surface area (TPSA) is 67.2 Å². The Morgan fingerprint density at radius 1 is 1.47 bits per heavy atom. The zero-order valence-electron chi connectivity index (χ0n) is 11.4. The first-order valence-corrected chi connectivity index (χ1v) is 6.66. The van der Waals surface area contributed by atoms with Gasteiger partial charge in [0, 0.05) is 19.8 Å². The second-order valence-electron chi connectivity index (χ2n) is 4.88. The summed E-state index contributed by atoms with van der Waals surface area (Å²) in [5.74, 6) is -0.0328. The molecular formula is C13H20N4O2. The molecule has 1 aromatic rings. The van der Waals surface area contributed by atoms with Gasteiger partial charge in [-0.25, -0.2) is 0 Å². The van der Waals surface area contributed by atoms with Gasteiger partial charge in [-0.1, -0.05) is 13.3 Å². The third-order valence-corrected chi connectivity index (χ3v) is 3.37. The van der Waals surface area contributed by atoms with E-state index >= 15 is 0 Å². The lowest BCUT2D eigenvalue weighted by molar-refractivity contribution is -0.145. The highest BCUT2D eigenvalue weighted by molar-refractivity contribution is 5.94. The summed E-state index contributed by atoms with van der Waals surface area (Å²) in [5, 5.41) is 6.76. The lowest BCUT2D eigenvalue weighted by Crippen LogP contribution is -2.58. The SMILES string of the molecule is CCCC1C(=O)NCC(=O)N1CCc1cnn(C)c1. The van der Waals surface area contributed by atoms with Crippen LogP contribution in [0, 0.1) is 0 Å². The quantitative estimate of drug-likeness (QED) is 0.819. The molecule has 1 unspecified atom stereocenters. The Balaban J connectivity index is 2.01. The largest absolute Gasteiger partial charge is 0.345 e. The fourth-order valence-electron chi connectivity index (χ4n) is 2.39. The first-order valence-electron chi connectivity index (χ1n) is 6.66. The van der Waals surface area contributed by atoms with E-state index in [2.05, 4.69) is 10.4 Å². The number of hydrogen-bond donors (Lipinski definition) is 1. The predicted octanol–water partition coefficient (Wildman–Crippen LogP) is 0.0897. The summed E-state index contributed by atoms with van der Waals surface area (Å²) in [4.78, 5) is 25.5. The van der Waals surface area contributed by atoms with Crippen molar-refractivity contribution in [3.63, 3.8) is 0 Å². The minimum absolute atomic E-state index is 0.00180. The normalized spacial score (nSPS) is 19.7. The van der Waals surface area contributed by atoms with Gasteiger partial charge in [-0.15, -0.1) is 0 Å². The van der Waals surface area contributed by atoms with Gasteiger partial charge in [0.2, 0.25) is 11.8 Å². The van der Waals surface area contributed by atoms with Crippen LogP contribution in [0.5, 0.6) is 0 Å². The second-order valence-corrected chi connectivity index (χ2v) is 4.88. The maximum atomic E-state index is 11.9. The molecule has 1 aliphatic rings. The van der Waals surface area contributed by atoms with E-state index in [9.17, 15) is 9.59 Å². The highest BCUT2D eigenvalue weighted by atomic mass is 16.2. The Bertz CT molecular complexity index is 469. The molecule has 0 saturated carbocycles. The van der Waals surface area contributed by atoms with E-state index in [1.54, 1.807) is 15.8 Å². The zero-order valence-corrected chi connectivity index (χ0v) is 11.4. The number of carbonyl (C=O) groups is 2. The van der Waals surface area contributed by atoms with Gasteiger partial charge in [0.05, 0.1) is 12.7 Å². The number of carbonyl (C=O) groups excluding carboxylic acids is 2. The first kappa shape index (κ1) is 13.6. The van der Waals surface area contributed by atoms with Crippen LogP contribution in [-0.2, 0) is 23.1 Å². The molecule has 1 saturated heterocycles. The van der Waals surface area contributed by atoms with E-state index in [0.717, 1.165) is 18.4 Å². The molecule has 2 heterocycles. The van der Waals surface area contributed by atoms with Gasteiger partial charge in [0.1, 0.15) is 6.04 Å². The molecule has 0 spiro atoms. The molecule has 1 fully saturated rings. The fraction of sp³-hybridized carbons (Fsp3) is 0.615. The Morgan fingerprint density at radius 2 is 2.26 bits per heavy atom. The summed E-state index contributed by atoms with van der Waals surface area (Å²) in [6.45, 7) is 2.71. The van der Waals surface area contributed by atoms with Gasteiger partial charge in [0.15, 0.2) is 0 Å². The number of aryl methyl sites for hydroxylation is 1. The number of nitrogens with one attached hydrogen (secondary N) is 1. The van der Waals surface area contributed by atoms with Crippen molar-refractivity contribution in [2.45, 2.75) is 32.2 Å². The summed E-state index contributed by atoms with van der Waals surface area (Å²) >= 11 is 0. The fourth-order valence-corrected chi connectivity index (χ4v) is 2.39. The van der Waals surface area contributed by atoms with E-state index in [-0.39, 0.29) is 24.4 Å². The molecule has 0 aliphatic carbocycles. The van der Waals surface area contributed by atoms with Crippen molar-refractivity contribution in [2.75, 3.05) is 13.1 Å². The van der Waals surface area contributed by atoms with Crippen LogP contribution >= 0.6 is 0 Å². The van der Waals surface area contributed by atoms with Crippen LogP contribution in [0.2, 0.25) is 0 Å². The van der Waals surface area contributed by atoms with Crippen LogP contribution in [0.15, 0.2) is 12.4 Å². The van der Waals surface area contributed by atoms with Gasteiger partial charge >= 0.3 is 0 Å². The lowest BCUT2D eigenvalue weighted by atomic mass is 10.1. The van der Waals surface area contributed by atoms with Crippen molar-refractivity contribution < 1.29 is 9.59 Å². The summed E-state index contributed by atoms with van der Waals surface area (Å²) in [6, 6.07) is -0.317. The van der Waals surface area contributed by atoms with Crippen molar-refractivity contribution in [1.82, 2.24) is 20.0 Å². The summed E-state index contributed by atoms with van der Waals surface area (Å²) in [6.07, 6.45) is 6.05. The average Bonchev–Trinajstić information content (AvgIpc) is 2.79. The molecule has 6 heteroatoms. The number of hydrogen-bond acceptors (Lipinski definition) is 3. The Kier molecular flexibility index (Phi) is 4.19. The zero-order chi connectivity index (χ0) is 13.8. The molecule has 1 aliphatic heterocycles. The lowest BCUT2D eigenvalue weighted by Gasteiger charge is -2.34. The maximum Gasteiger partial charge on any atom is 0.243 e. The van der Waals surface area contributed by atoms with Gasteiger partial charge in [-0.3, -0.25) is 14.3 Å². The molecule has 0 aromatic carbocycles. The molecule has 104 valence electrons. The molecule has 2 rings (SSSR count). The second kappa shape index (κ2) is 5.86. The molecule has 1 aromatic heterocycles. The summed E-state index contributed by atoms with van der Waals surface area (Å²) < 4.78 is 1.74. The average molecular weight is 264 g/mol. The van der Waals surface area contributed by atoms with Gasteiger partial charge in [-0.2, -0.15) is 5.10 Å². The van der Waals surface area contributed by atoms with E-state index < -0.39 is 0 Å². The van der Waals surface area contributed by atoms with Gasteiger partial charge < -0.3 is 10.2 Å². The highest BCUT2D eigenvalue weighted by Crippen LogP contribution is 2.13. The van der Waals surface area contributed by atoms with Crippen molar-refractivity contribution in [3.05, 3.63) is 18.0 Å². The van der Waals surface area contributed by atoms with Crippen molar-refractivity contribution in [3.8, 4) is 0 Å². The standard InChI is InChI=1S/C13H20N4O2/c1-3-4-11-13(19)14-8-12(18)17(11)6-5-10-7-15-16(2)9-10/h7,9,11H,3-6,8H2,1-2H3,(H,14,19). The number of piperazine rings is 1. The third kappa shape index (κ3) is 3.13. The van der Waals surface area contributed by atoms with E-state index in [4.69, 9.17) is 0 Å². The van der Waals surface area contributed by atoms with Crippen molar-refractivity contribution in [1.29, 1.82) is 0 Å². The third-order valence-electron chi connectivity index (χ3n) is 3.37. The van der Waals surface area contributed by atoms with Gasteiger partial charge in [0.25, 0.3) is 0 Å². The molecular weight excluding hydrogens is 244 g/mol. The minimum Gasteiger partial charge on any atom is -0.345 e. The predicted molar refractivity (Wildman–Crippen MR) is 70.3 cm³/mol. The van der Waals surface area contributed by atoms with E-state index in [1.807, 2.05) is 20.2 Å². The maximum absolute atomic E-state index is 11.9. The molecule has 0 bridgehead atoms. The summed E-state index contributed by atoms with van der Waals surface area (Å²) in [7, 11) is 1.86. The van der Waals surface area contributed by atoms with Crippen molar-refractivity contribution in [2.24, 2.45) is 7.05 Å². The molecule has 2 amide bonds. The highest BCUT2D eigenvalue weighted by Gasteiger charge is 2.33. The van der Waals surface area contributed by atoms with E-state index in [1.165, 1.54) is 0 Å². The van der Waals surface area contributed by atoms with Crippen LogP contribution in [0.25, 0.3) is 0 Å². The number of rotatable bonds is 5. The molecule has 19 heavy (non-hydrogen) atoms. The van der Waals surface area contributed by atoms with Crippen LogP contribution in [0.3, 0.4) is 0 Å². The number of nitrogens with zero attached hydrogens (tertiary/aromatic N) is 3. The van der Waals surface area contributed by atoms with Crippen LogP contribution in [-0.4, -0.2) is 45.6 Å². The summed E-state index contributed by atoms with van der Waals surface area (Å²) in [5.41, 5.74) is 1.08. The van der Waals surface area contributed by atoms with Crippen LogP contribution in [0.1, 0.15) is 25.3 Å². The van der Waals surface area contributed by atoms with Crippen LogP contribution in [0.4, 0.5) is 0 Å². The molecule has 1 N–H and O–H groups in total. The smallest absolute Gasteiger partial charge is 0.243 e. The first-order chi connectivity index (χ1) is 9.11. The van der Waals surface area contributed by atoms with Crippen LogP contribution < -0.4 is 5.32 Å². The Hall–Kier alpha value is -1.85. The number of aromatic nitrogens is 2. The van der Waals surface area contributed by atoms with E-state index in [0.29, 0.717) is 13.0 Å². The molecule has 1 atom stereocenters. The van der Waals surface area contributed by atoms with Crippen molar-refractivity contribution >= 4 is 11.8 Å². The minimum atomic E-state index is -0.317. The molecule has 0 radical (unpaired) electrons. The number of amides is 2. The Labute approximate surface area is 112 Å².